The van der Waals surface area contributed by atoms with Crippen molar-refractivity contribution in [3.63, 3.8) is 0 Å². The maximum Gasteiger partial charge on any atom is 0.305 e. The van der Waals surface area contributed by atoms with Gasteiger partial charge in [-0.25, -0.2) is 0 Å². The van der Waals surface area contributed by atoms with Crippen molar-refractivity contribution < 1.29 is 14.7 Å². The minimum absolute atomic E-state index is 0.0252. The molecule has 0 bridgehead atoms. The zero-order valence-corrected chi connectivity index (χ0v) is 15.0. The number of carbonyl (C=O) groups excluding carboxylic acids is 1. The topological polar surface area (TPSA) is 66.4 Å². The number of hydrogen-bond acceptors (Lipinski definition) is 2. The second-order valence-corrected chi connectivity index (χ2v) is 7.25. The third-order valence-electron chi connectivity index (χ3n) is 4.10. The molecule has 2 aromatic rings. The standard InChI is InChI=1S/C21H25NO3/c1-21(2,3)17-11-9-16(10-12-17)18(14-20(24)25)22-19(23)13-15-7-5-4-6-8-15/h4-12,18H,13-14H2,1-3H3,(H,22,23)(H,24,25)/t18-/m1/s1. The molecule has 4 heteroatoms. The first-order chi connectivity index (χ1) is 11.8. The second kappa shape index (κ2) is 7.97. The van der Waals surface area contributed by atoms with E-state index in [1.165, 1.54) is 5.56 Å². The number of hydrogen-bond donors (Lipinski definition) is 2. The van der Waals surface area contributed by atoms with Gasteiger partial charge >= 0.3 is 5.97 Å². The SMILES string of the molecule is CC(C)(C)c1ccc([C@@H](CC(=O)O)NC(=O)Cc2ccccc2)cc1. The second-order valence-electron chi connectivity index (χ2n) is 7.25. The summed E-state index contributed by atoms with van der Waals surface area (Å²) < 4.78 is 0. The molecule has 0 aliphatic carbocycles. The highest BCUT2D eigenvalue weighted by molar-refractivity contribution is 5.80. The van der Waals surface area contributed by atoms with Crippen LogP contribution in [0.25, 0.3) is 0 Å². The Hall–Kier alpha value is -2.62. The normalized spacial score (nSPS) is 12.4. The summed E-state index contributed by atoms with van der Waals surface area (Å²) in [5.74, 6) is -1.12. The molecule has 25 heavy (non-hydrogen) atoms. The molecule has 0 heterocycles. The molecule has 0 saturated heterocycles. The lowest BCUT2D eigenvalue weighted by Crippen LogP contribution is -2.31. The molecule has 2 rings (SSSR count). The van der Waals surface area contributed by atoms with E-state index in [1.54, 1.807) is 0 Å². The molecule has 0 aliphatic rings. The van der Waals surface area contributed by atoms with E-state index in [0.717, 1.165) is 11.1 Å². The predicted octanol–water partition coefficient (Wildman–Crippen LogP) is 3.86. The molecule has 2 aromatic carbocycles. The monoisotopic (exact) mass is 339 g/mol. The third-order valence-corrected chi connectivity index (χ3v) is 4.10. The Bertz CT molecular complexity index is 715. The van der Waals surface area contributed by atoms with Crippen LogP contribution in [0.1, 0.15) is 49.9 Å². The molecule has 0 unspecified atom stereocenters. The number of carboxylic acid groups (broad SMARTS) is 1. The van der Waals surface area contributed by atoms with E-state index < -0.39 is 12.0 Å². The minimum Gasteiger partial charge on any atom is -0.481 e. The van der Waals surface area contributed by atoms with Gasteiger partial charge in [0.2, 0.25) is 5.91 Å². The number of amides is 1. The summed E-state index contributed by atoms with van der Waals surface area (Å²) in [4.78, 5) is 23.5. The first kappa shape index (κ1) is 18.7. The van der Waals surface area contributed by atoms with E-state index in [1.807, 2.05) is 54.6 Å². The smallest absolute Gasteiger partial charge is 0.305 e. The van der Waals surface area contributed by atoms with Crippen LogP contribution >= 0.6 is 0 Å². The minimum atomic E-state index is -0.940. The molecule has 0 fully saturated rings. The molecule has 0 spiro atoms. The molecular weight excluding hydrogens is 314 g/mol. The number of carboxylic acids is 1. The van der Waals surface area contributed by atoms with Gasteiger partial charge in [0.05, 0.1) is 18.9 Å². The Labute approximate surface area is 148 Å². The Morgan fingerprint density at radius 3 is 2.12 bits per heavy atom. The largest absolute Gasteiger partial charge is 0.481 e. The van der Waals surface area contributed by atoms with Gasteiger partial charge in [0.25, 0.3) is 0 Å². The Kier molecular flexibility index (Phi) is 5.97. The van der Waals surface area contributed by atoms with Crippen molar-refractivity contribution >= 4 is 11.9 Å². The zero-order chi connectivity index (χ0) is 18.4. The van der Waals surface area contributed by atoms with Crippen LogP contribution in [0.15, 0.2) is 54.6 Å². The van der Waals surface area contributed by atoms with Crippen LogP contribution in [0, 0.1) is 0 Å². The van der Waals surface area contributed by atoms with Gasteiger partial charge in [0, 0.05) is 0 Å². The quantitative estimate of drug-likeness (QED) is 0.840. The molecule has 0 aliphatic heterocycles. The molecule has 4 nitrogen and oxygen atoms in total. The highest BCUT2D eigenvalue weighted by Gasteiger charge is 2.20. The van der Waals surface area contributed by atoms with Crippen LogP contribution in [0.5, 0.6) is 0 Å². The lowest BCUT2D eigenvalue weighted by Gasteiger charge is -2.22. The average Bonchev–Trinajstić information content (AvgIpc) is 2.54. The summed E-state index contributed by atoms with van der Waals surface area (Å²) in [5.41, 5.74) is 2.90. The lowest BCUT2D eigenvalue weighted by atomic mass is 9.86. The van der Waals surface area contributed by atoms with Gasteiger partial charge in [0.15, 0.2) is 0 Å². The van der Waals surface area contributed by atoms with Gasteiger partial charge < -0.3 is 10.4 Å². The first-order valence-corrected chi connectivity index (χ1v) is 8.41. The molecule has 0 aromatic heterocycles. The maximum atomic E-state index is 12.3. The maximum absolute atomic E-state index is 12.3. The van der Waals surface area contributed by atoms with Crippen molar-refractivity contribution in [1.82, 2.24) is 5.32 Å². The van der Waals surface area contributed by atoms with Gasteiger partial charge in [-0.05, 0) is 22.1 Å². The van der Waals surface area contributed by atoms with Crippen LogP contribution in [0.4, 0.5) is 0 Å². The Morgan fingerprint density at radius 2 is 1.60 bits per heavy atom. The highest BCUT2D eigenvalue weighted by Crippen LogP contribution is 2.25. The fourth-order valence-electron chi connectivity index (χ4n) is 2.67. The number of benzene rings is 2. The van der Waals surface area contributed by atoms with E-state index in [4.69, 9.17) is 0 Å². The van der Waals surface area contributed by atoms with Crippen molar-refractivity contribution in [3.05, 3.63) is 71.3 Å². The fourth-order valence-corrected chi connectivity index (χ4v) is 2.67. The van der Waals surface area contributed by atoms with Gasteiger partial charge in [0.1, 0.15) is 0 Å². The summed E-state index contributed by atoms with van der Waals surface area (Å²) in [6.07, 6.45) is 0.0897. The number of carbonyl (C=O) groups is 2. The van der Waals surface area contributed by atoms with E-state index in [0.29, 0.717) is 0 Å². The molecule has 1 atom stereocenters. The van der Waals surface area contributed by atoms with Gasteiger partial charge in [-0.15, -0.1) is 0 Å². The Morgan fingerprint density at radius 1 is 1.00 bits per heavy atom. The van der Waals surface area contributed by atoms with Crippen LogP contribution in [-0.4, -0.2) is 17.0 Å². The van der Waals surface area contributed by atoms with Crippen LogP contribution in [0.2, 0.25) is 0 Å². The number of rotatable bonds is 6. The molecule has 0 saturated carbocycles. The number of aliphatic carboxylic acids is 1. The van der Waals surface area contributed by atoms with Crippen LogP contribution < -0.4 is 5.32 Å². The third kappa shape index (κ3) is 5.75. The Balaban J connectivity index is 2.13. The van der Waals surface area contributed by atoms with Crippen molar-refractivity contribution in [3.8, 4) is 0 Å². The zero-order valence-electron chi connectivity index (χ0n) is 15.0. The van der Waals surface area contributed by atoms with Crippen LogP contribution in [-0.2, 0) is 21.4 Å². The van der Waals surface area contributed by atoms with E-state index in [9.17, 15) is 14.7 Å². The van der Waals surface area contributed by atoms with Crippen molar-refractivity contribution in [2.24, 2.45) is 0 Å². The van der Waals surface area contributed by atoms with Crippen molar-refractivity contribution in [1.29, 1.82) is 0 Å². The molecule has 2 N–H and O–H groups in total. The summed E-state index contributed by atoms with van der Waals surface area (Å²) in [6, 6.07) is 16.7. The van der Waals surface area contributed by atoms with E-state index in [-0.39, 0.29) is 24.2 Å². The van der Waals surface area contributed by atoms with Crippen molar-refractivity contribution in [2.45, 2.75) is 45.1 Å². The molecular formula is C21H25NO3. The fraction of sp³-hybridized carbons (Fsp3) is 0.333. The average molecular weight is 339 g/mol. The molecule has 132 valence electrons. The van der Waals surface area contributed by atoms with Gasteiger partial charge in [-0.3, -0.25) is 9.59 Å². The summed E-state index contributed by atoms with van der Waals surface area (Å²) >= 11 is 0. The summed E-state index contributed by atoms with van der Waals surface area (Å²) in [6.45, 7) is 6.37. The molecule has 1 amide bonds. The predicted molar refractivity (Wildman–Crippen MR) is 98.4 cm³/mol. The van der Waals surface area contributed by atoms with Gasteiger partial charge in [-0.2, -0.15) is 0 Å². The summed E-state index contributed by atoms with van der Waals surface area (Å²) in [7, 11) is 0. The van der Waals surface area contributed by atoms with Crippen LogP contribution in [0.3, 0.4) is 0 Å². The molecule has 0 radical (unpaired) electrons. The summed E-state index contributed by atoms with van der Waals surface area (Å²) in [5, 5.41) is 12.0. The lowest BCUT2D eigenvalue weighted by molar-refractivity contribution is -0.137. The van der Waals surface area contributed by atoms with E-state index in [2.05, 4.69) is 26.1 Å². The highest BCUT2D eigenvalue weighted by atomic mass is 16.4. The van der Waals surface area contributed by atoms with Crippen molar-refractivity contribution in [2.75, 3.05) is 0 Å². The van der Waals surface area contributed by atoms with E-state index >= 15 is 0 Å². The first-order valence-electron chi connectivity index (χ1n) is 8.41. The number of nitrogens with one attached hydrogen (secondary N) is 1. The van der Waals surface area contributed by atoms with Gasteiger partial charge in [-0.1, -0.05) is 75.4 Å².